The van der Waals surface area contributed by atoms with Gasteiger partial charge in [0.1, 0.15) is 0 Å². The highest BCUT2D eigenvalue weighted by Gasteiger charge is 2.06. The molecule has 0 unspecified atom stereocenters. The number of allylic oxidation sites excluding steroid dienone is 2. The predicted octanol–water partition coefficient (Wildman–Crippen LogP) is 0.301. The highest BCUT2D eigenvalue weighted by Crippen LogP contribution is 1.95. The molecule has 0 amide bonds. The molecule has 0 saturated heterocycles. The van der Waals surface area contributed by atoms with Gasteiger partial charge in [0.2, 0.25) is 0 Å². The van der Waals surface area contributed by atoms with Crippen LogP contribution in [0.2, 0.25) is 0 Å². The Balaban J connectivity index is 2.91. The van der Waals surface area contributed by atoms with Crippen LogP contribution in [0.5, 0.6) is 0 Å². The van der Waals surface area contributed by atoms with Gasteiger partial charge in [-0.1, -0.05) is 36.4 Å². The lowest BCUT2D eigenvalue weighted by Gasteiger charge is -1.97. The van der Waals surface area contributed by atoms with Crippen molar-refractivity contribution in [3.05, 3.63) is 46.9 Å². The van der Waals surface area contributed by atoms with Crippen LogP contribution in [0.15, 0.2) is 41.4 Å². The maximum absolute atomic E-state index is 11.0. The number of carboxylic acids is 1. The Hall–Kier alpha value is -2.16. The molecule has 1 N–H and O–H groups in total. The summed E-state index contributed by atoms with van der Waals surface area (Å²) >= 11 is 0. The summed E-state index contributed by atoms with van der Waals surface area (Å²) in [6.45, 7) is 0. The molecule has 74 valence electrons. The summed E-state index contributed by atoms with van der Waals surface area (Å²) in [6.07, 6.45) is 6.89. The van der Waals surface area contributed by atoms with Gasteiger partial charge in [0.15, 0.2) is 5.70 Å². The van der Waals surface area contributed by atoms with Crippen molar-refractivity contribution in [1.82, 2.24) is 0 Å². The molecule has 1 aliphatic rings. The van der Waals surface area contributed by atoms with Crippen molar-refractivity contribution in [3.63, 3.8) is 0 Å². The van der Waals surface area contributed by atoms with Crippen molar-refractivity contribution in [2.45, 2.75) is 0 Å². The maximum atomic E-state index is 11.0. The first-order valence-corrected chi connectivity index (χ1v) is 4.53. The van der Waals surface area contributed by atoms with Gasteiger partial charge in [-0.15, -0.1) is 0 Å². The molecule has 1 aliphatic heterocycles. The number of fused-ring (bicyclic) bond motifs is 1. The number of hydrogen-bond acceptors (Lipinski definition) is 2. The van der Waals surface area contributed by atoms with Crippen LogP contribution in [0.25, 0.3) is 11.8 Å². The van der Waals surface area contributed by atoms with Crippen LogP contribution in [0.1, 0.15) is 0 Å². The van der Waals surface area contributed by atoms with Crippen LogP contribution in [0, 0.1) is 0 Å². The smallest absolute Gasteiger partial charge is 0.355 e. The second-order valence-electron chi connectivity index (χ2n) is 3.07. The van der Waals surface area contributed by atoms with Gasteiger partial charge < -0.3 is 5.11 Å². The molecule has 15 heavy (non-hydrogen) atoms. The Kier molecular flexibility index (Phi) is 2.46. The first kappa shape index (κ1) is 9.40. The van der Waals surface area contributed by atoms with Crippen LogP contribution in [0.4, 0.5) is 0 Å². The number of benzene rings is 1. The van der Waals surface area contributed by atoms with E-state index < -0.39 is 5.97 Å². The Labute approximate surface area is 86.4 Å². The molecule has 0 bridgehead atoms. The number of carbonyl (C=O) groups is 1. The summed E-state index contributed by atoms with van der Waals surface area (Å²) in [5, 5.41) is 10.5. The van der Waals surface area contributed by atoms with Crippen LogP contribution in [0.3, 0.4) is 0 Å². The third kappa shape index (κ3) is 1.86. The van der Waals surface area contributed by atoms with E-state index in [9.17, 15) is 4.79 Å². The highest BCUT2D eigenvalue weighted by molar-refractivity contribution is 6.10. The van der Waals surface area contributed by atoms with E-state index in [0.717, 1.165) is 5.22 Å². The van der Waals surface area contributed by atoms with Gasteiger partial charge in [0.05, 0.1) is 0 Å². The molecule has 0 aromatic heterocycles. The monoisotopic (exact) mass is 199 g/mol. The van der Waals surface area contributed by atoms with Crippen molar-refractivity contribution in [2.24, 2.45) is 4.99 Å². The number of rotatable bonds is 1. The second-order valence-corrected chi connectivity index (χ2v) is 3.07. The second kappa shape index (κ2) is 3.92. The fourth-order valence-electron chi connectivity index (χ4n) is 1.42. The largest absolute Gasteiger partial charge is 0.476 e. The van der Waals surface area contributed by atoms with E-state index in [1.165, 1.54) is 6.21 Å². The zero-order chi connectivity index (χ0) is 10.7. The molecule has 2 rings (SSSR count). The summed E-state index contributed by atoms with van der Waals surface area (Å²) in [5.41, 5.74) is 0.0752. The molecule has 0 atom stereocenters. The summed E-state index contributed by atoms with van der Waals surface area (Å²) < 4.78 is 0. The van der Waals surface area contributed by atoms with Gasteiger partial charge in [-0.2, -0.15) is 0 Å². The van der Waals surface area contributed by atoms with Crippen molar-refractivity contribution < 1.29 is 9.90 Å². The number of carboxylic acid groups (broad SMARTS) is 1. The molecule has 0 radical (unpaired) electrons. The van der Waals surface area contributed by atoms with Crippen LogP contribution in [-0.2, 0) is 4.79 Å². The zero-order valence-corrected chi connectivity index (χ0v) is 7.92. The third-order valence-corrected chi connectivity index (χ3v) is 2.10. The lowest BCUT2D eigenvalue weighted by atomic mass is 10.2. The number of aliphatic imine (C=N–C) groups is 1. The average molecular weight is 199 g/mol. The Morgan fingerprint density at radius 2 is 2.00 bits per heavy atom. The minimum Gasteiger partial charge on any atom is -0.476 e. The Morgan fingerprint density at radius 1 is 1.20 bits per heavy atom. The zero-order valence-electron chi connectivity index (χ0n) is 7.92. The number of aliphatic carboxylic acids is 1. The van der Waals surface area contributed by atoms with Gasteiger partial charge in [-0.25, -0.2) is 9.79 Å². The van der Waals surface area contributed by atoms with Gasteiger partial charge in [0.25, 0.3) is 0 Å². The fraction of sp³-hybridized carbons (Fsp3) is 0. The fourth-order valence-corrected chi connectivity index (χ4v) is 1.42. The normalized spacial score (nSPS) is 13.7. The SMILES string of the molecule is O=C(O)C1=c2ccccc2=CC=CC=N1. The lowest BCUT2D eigenvalue weighted by molar-refractivity contribution is -0.130. The average Bonchev–Trinajstić information content (AvgIpc) is 2.18. The van der Waals surface area contributed by atoms with Crippen molar-refractivity contribution >= 4 is 24.0 Å². The summed E-state index contributed by atoms with van der Waals surface area (Å²) in [7, 11) is 0. The molecule has 0 aliphatic carbocycles. The van der Waals surface area contributed by atoms with Crippen LogP contribution in [-0.4, -0.2) is 17.3 Å². The number of nitrogens with zero attached hydrogens (tertiary/aromatic N) is 1. The van der Waals surface area contributed by atoms with Crippen molar-refractivity contribution in [3.8, 4) is 0 Å². The quantitative estimate of drug-likeness (QED) is 0.707. The van der Waals surface area contributed by atoms with Gasteiger partial charge >= 0.3 is 5.97 Å². The summed E-state index contributed by atoms with van der Waals surface area (Å²) in [4.78, 5) is 14.9. The maximum Gasteiger partial charge on any atom is 0.355 e. The van der Waals surface area contributed by atoms with E-state index in [1.807, 2.05) is 24.3 Å². The summed E-state index contributed by atoms with van der Waals surface area (Å²) in [5.74, 6) is -1.01. The first-order valence-electron chi connectivity index (χ1n) is 4.53. The summed E-state index contributed by atoms with van der Waals surface area (Å²) in [6, 6.07) is 7.29. The van der Waals surface area contributed by atoms with Crippen molar-refractivity contribution in [1.29, 1.82) is 0 Å². The van der Waals surface area contributed by atoms with Gasteiger partial charge in [-0.3, -0.25) is 0 Å². The molecular weight excluding hydrogens is 190 g/mol. The molecule has 0 spiro atoms. The number of hydrogen-bond donors (Lipinski definition) is 1. The first-order chi connectivity index (χ1) is 7.29. The topological polar surface area (TPSA) is 49.7 Å². The highest BCUT2D eigenvalue weighted by atomic mass is 16.4. The molecule has 3 heteroatoms. The van der Waals surface area contributed by atoms with Crippen molar-refractivity contribution in [2.75, 3.05) is 0 Å². The molecule has 0 fully saturated rings. The van der Waals surface area contributed by atoms with E-state index in [0.29, 0.717) is 5.22 Å². The lowest BCUT2D eigenvalue weighted by Crippen LogP contribution is -2.28. The molecule has 1 aromatic carbocycles. The molecule has 1 heterocycles. The van der Waals surface area contributed by atoms with Gasteiger partial charge in [0, 0.05) is 11.4 Å². The van der Waals surface area contributed by atoms with E-state index in [2.05, 4.69) is 4.99 Å². The van der Waals surface area contributed by atoms with E-state index in [4.69, 9.17) is 5.11 Å². The molecule has 3 nitrogen and oxygen atoms in total. The standard InChI is InChI=1S/C12H9NO2/c14-12(15)11-10-7-2-1-5-9(10)6-3-4-8-13-11/h1-8H,(H,14,15). The van der Waals surface area contributed by atoms with Crippen LogP contribution < -0.4 is 10.4 Å². The molecular formula is C12H9NO2. The third-order valence-electron chi connectivity index (χ3n) is 2.10. The van der Waals surface area contributed by atoms with Crippen LogP contribution >= 0.6 is 0 Å². The Morgan fingerprint density at radius 3 is 2.80 bits per heavy atom. The minimum atomic E-state index is -1.01. The Bertz CT molecular complexity index is 568. The molecule has 0 saturated carbocycles. The molecule has 1 aromatic rings. The van der Waals surface area contributed by atoms with E-state index in [-0.39, 0.29) is 5.70 Å². The predicted molar refractivity (Wildman–Crippen MR) is 58.8 cm³/mol. The minimum absolute atomic E-state index is 0.0752. The van der Waals surface area contributed by atoms with Gasteiger partial charge in [-0.05, 0) is 11.3 Å². The van der Waals surface area contributed by atoms with E-state index in [1.54, 1.807) is 18.2 Å². The van der Waals surface area contributed by atoms with E-state index >= 15 is 0 Å².